The molecule has 0 radical (unpaired) electrons. The number of rotatable bonds is 9. The number of piperidine rings is 1. The van der Waals surface area contributed by atoms with Crippen LogP contribution in [-0.2, 0) is 16.4 Å². The lowest BCUT2D eigenvalue weighted by atomic mass is 10.1. The topological polar surface area (TPSA) is 58.6 Å². The number of hydrogen-bond donors (Lipinski definition) is 1. The number of benzene rings is 2. The van der Waals surface area contributed by atoms with Gasteiger partial charge in [0.2, 0.25) is 0 Å². The van der Waals surface area contributed by atoms with E-state index in [0.717, 1.165) is 30.7 Å². The number of anilines is 1. The fourth-order valence-electron chi connectivity index (χ4n) is 3.52. The van der Waals surface area contributed by atoms with Crippen molar-refractivity contribution in [3.63, 3.8) is 0 Å². The fraction of sp³-hybridized carbons (Fsp3) is 0.455. The number of nitrogens with zero attached hydrogens (tertiary/aromatic N) is 1. The minimum Gasteiger partial charge on any atom is -0.494 e. The first-order valence-electron chi connectivity index (χ1n) is 10.1. The molecule has 0 unspecified atom stereocenters. The van der Waals surface area contributed by atoms with Crippen molar-refractivity contribution in [2.24, 2.45) is 0 Å². The van der Waals surface area contributed by atoms with E-state index in [0.29, 0.717) is 12.3 Å². The summed E-state index contributed by atoms with van der Waals surface area (Å²) in [5.74, 6) is 0.790. The normalized spacial score (nSPS) is 15.3. The van der Waals surface area contributed by atoms with E-state index in [4.69, 9.17) is 4.74 Å². The zero-order chi connectivity index (χ0) is 19.8. The van der Waals surface area contributed by atoms with Crippen LogP contribution < -0.4 is 9.46 Å². The number of sulfonamides is 1. The Labute approximate surface area is 168 Å². The summed E-state index contributed by atoms with van der Waals surface area (Å²) in [6.45, 7) is 6.17. The molecule has 0 saturated carbocycles. The minimum atomic E-state index is -3.59. The molecule has 152 valence electrons. The first kappa shape index (κ1) is 20.7. The van der Waals surface area contributed by atoms with E-state index in [-0.39, 0.29) is 4.90 Å². The molecule has 0 spiro atoms. The first-order chi connectivity index (χ1) is 13.6. The van der Waals surface area contributed by atoms with Crippen molar-refractivity contribution in [2.45, 2.75) is 43.9 Å². The average molecular weight is 403 g/mol. The summed E-state index contributed by atoms with van der Waals surface area (Å²) < 4.78 is 33.7. The van der Waals surface area contributed by atoms with Crippen LogP contribution in [0.1, 0.15) is 38.2 Å². The molecule has 1 heterocycles. The van der Waals surface area contributed by atoms with E-state index in [9.17, 15) is 8.42 Å². The molecule has 6 heteroatoms. The van der Waals surface area contributed by atoms with E-state index in [2.05, 4.69) is 9.62 Å². The van der Waals surface area contributed by atoms with Crippen LogP contribution in [-0.4, -0.2) is 39.6 Å². The molecule has 2 aromatic rings. The minimum absolute atomic E-state index is 0.259. The molecule has 0 aliphatic carbocycles. The highest BCUT2D eigenvalue weighted by molar-refractivity contribution is 7.92. The average Bonchev–Trinajstić information content (AvgIpc) is 2.73. The number of likely N-dealkylation sites (tertiary alicyclic amines) is 1. The lowest BCUT2D eigenvalue weighted by Gasteiger charge is -2.26. The second-order valence-corrected chi connectivity index (χ2v) is 8.88. The summed E-state index contributed by atoms with van der Waals surface area (Å²) in [6, 6.07) is 14.0. The van der Waals surface area contributed by atoms with Crippen LogP contribution in [0.3, 0.4) is 0 Å². The molecular weight excluding hydrogens is 372 g/mol. The summed E-state index contributed by atoms with van der Waals surface area (Å²) in [7, 11) is -3.59. The molecule has 1 N–H and O–H groups in total. The van der Waals surface area contributed by atoms with E-state index in [1.165, 1.54) is 32.4 Å². The van der Waals surface area contributed by atoms with Crippen molar-refractivity contribution in [1.29, 1.82) is 0 Å². The predicted molar refractivity (Wildman–Crippen MR) is 113 cm³/mol. The van der Waals surface area contributed by atoms with Crippen LogP contribution >= 0.6 is 0 Å². The van der Waals surface area contributed by atoms with Gasteiger partial charge in [-0.1, -0.05) is 31.5 Å². The molecule has 0 aromatic heterocycles. The van der Waals surface area contributed by atoms with Gasteiger partial charge in [0.25, 0.3) is 10.0 Å². The Morgan fingerprint density at radius 3 is 2.50 bits per heavy atom. The molecule has 0 atom stereocenters. The van der Waals surface area contributed by atoms with Gasteiger partial charge >= 0.3 is 0 Å². The lowest BCUT2D eigenvalue weighted by molar-refractivity contribution is 0.205. The Kier molecular flexibility index (Phi) is 7.34. The summed E-state index contributed by atoms with van der Waals surface area (Å²) in [6.07, 6.45) is 5.69. The second kappa shape index (κ2) is 9.94. The van der Waals surface area contributed by atoms with Crippen molar-refractivity contribution < 1.29 is 13.2 Å². The van der Waals surface area contributed by atoms with Gasteiger partial charge in [0.05, 0.1) is 17.2 Å². The molecule has 1 fully saturated rings. The molecular formula is C22H30N2O3S. The van der Waals surface area contributed by atoms with Gasteiger partial charge in [-0.3, -0.25) is 4.72 Å². The van der Waals surface area contributed by atoms with Crippen LogP contribution in [0.15, 0.2) is 53.4 Å². The molecule has 0 amide bonds. The molecule has 0 bridgehead atoms. The maximum absolute atomic E-state index is 12.6. The lowest BCUT2D eigenvalue weighted by Crippen LogP contribution is -2.31. The zero-order valence-corrected chi connectivity index (χ0v) is 17.4. The maximum atomic E-state index is 12.6. The van der Waals surface area contributed by atoms with Crippen molar-refractivity contribution in [1.82, 2.24) is 4.90 Å². The van der Waals surface area contributed by atoms with Gasteiger partial charge in [-0.2, -0.15) is 0 Å². The van der Waals surface area contributed by atoms with Crippen LogP contribution in [0.25, 0.3) is 0 Å². The van der Waals surface area contributed by atoms with E-state index < -0.39 is 10.0 Å². The Morgan fingerprint density at radius 1 is 1.04 bits per heavy atom. The van der Waals surface area contributed by atoms with Crippen molar-refractivity contribution in [3.8, 4) is 5.75 Å². The van der Waals surface area contributed by atoms with Crippen LogP contribution in [0.4, 0.5) is 5.69 Å². The van der Waals surface area contributed by atoms with Crippen molar-refractivity contribution >= 4 is 15.7 Å². The largest absolute Gasteiger partial charge is 0.494 e. The molecule has 5 nitrogen and oxygen atoms in total. The summed E-state index contributed by atoms with van der Waals surface area (Å²) in [5.41, 5.74) is 1.53. The van der Waals surface area contributed by atoms with Gasteiger partial charge in [0, 0.05) is 6.54 Å². The quantitative estimate of drug-likeness (QED) is 0.635. The van der Waals surface area contributed by atoms with E-state index in [1.54, 1.807) is 36.4 Å². The smallest absolute Gasteiger partial charge is 0.261 e. The van der Waals surface area contributed by atoms with Gasteiger partial charge < -0.3 is 9.64 Å². The third kappa shape index (κ3) is 5.72. The Bertz CT molecular complexity index is 847. The summed E-state index contributed by atoms with van der Waals surface area (Å²) in [4.78, 5) is 2.77. The molecule has 3 rings (SSSR count). The second-order valence-electron chi connectivity index (χ2n) is 7.20. The van der Waals surface area contributed by atoms with E-state index >= 15 is 0 Å². The molecule has 1 saturated heterocycles. The Morgan fingerprint density at radius 2 is 1.79 bits per heavy atom. The Hall–Kier alpha value is -2.05. The van der Waals surface area contributed by atoms with Crippen LogP contribution in [0.2, 0.25) is 0 Å². The third-order valence-corrected chi connectivity index (χ3v) is 6.47. The molecule has 2 aromatic carbocycles. The highest BCUT2D eigenvalue weighted by Gasteiger charge is 2.15. The van der Waals surface area contributed by atoms with Crippen LogP contribution in [0, 0.1) is 0 Å². The predicted octanol–water partition coefficient (Wildman–Crippen LogP) is 4.30. The van der Waals surface area contributed by atoms with E-state index in [1.807, 2.05) is 19.1 Å². The van der Waals surface area contributed by atoms with Gasteiger partial charge in [-0.05, 0) is 74.7 Å². The standard InChI is InChI=1S/C22H30N2O3S/c1-2-19-18-20(27-17-9-16-24-14-7-4-8-15-24)12-13-22(19)23-28(25,26)21-10-5-3-6-11-21/h3,5-6,10-13,18,23H,2,4,7-9,14-17H2,1H3. The highest BCUT2D eigenvalue weighted by atomic mass is 32.2. The maximum Gasteiger partial charge on any atom is 0.261 e. The van der Waals surface area contributed by atoms with Gasteiger partial charge in [-0.25, -0.2) is 8.42 Å². The first-order valence-corrected chi connectivity index (χ1v) is 11.6. The summed E-state index contributed by atoms with van der Waals surface area (Å²) in [5, 5.41) is 0. The highest BCUT2D eigenvalue weighted by Crippen LogP contribution is 2.25. The van der Waals surface area contributed by atoms with Crippen molar-refractivity contribution in [2.75, 3.05) is 31.0 Å². The SMILES string of the molecule is CCc1cc(OCCCN2CCCCC2)ccc1NS(=O)(=O)c1ccccc1. The van der Waals surface area contributed by atoms with Crippen LogP contribution in [0.5, 0.6) is 5.75 Å². The molecule has 1 aliphatic heterocycles. The summed E-state index contributed by atoms with van der Waals surface area (Å²) >= 11 is 0. The fourth-order valence-corrected chi connectivity index (χ4v) is 4.64. The van der Waals surface area contributed by atoms with Crippen molar-refractivity contribution in [3.05, 3.63) is 54.1 Å². The van der Waals surface area contributed by atoms with Gasteiger partial charge in [0.15, 0.2) is 0 Å². The molecule has 28 heavy (non-hydrogen) atoms. The monoisotopic (exact) mass is 402 g/mol. The molecule has 1 aliphatic rings. The van der Waals surface area contributed by atoms with Gasteiger partial charge in [-0.15, -0.1) is 0 Å². The number of hydrogen-bond acceptors (Lipinski definition) is 4. The third-order valence-electron chi connectivity index (χ3n) is 5.09. The van der Waals surface area contributed by atoms with Gasteiger partial charge in [0.1, 0.15) is 5.75 Å². The zero-order valence-electron chi connectivity index (χ0n) is 16.6. The number of aryl methyl sites for hydroxylation is 1. The Balaban J connectivity index is 1.57. The number of nitrogens with one attached hydrogen (secondary N) is 1. The number of ether oxygens (including phenoxy) is 1.